The lowest BCUT2D eigenvalue weighted by Gasteiger charge is -2.25. The van der Waals surface area contributed by atoms with Crippen molar-refractivity contribution in [3.05, 3.63) is 29.8 Å². The zero-order chi connectivity index (χ0) is 18.4. The number of para-hydroxylation sites is 1. The Morgan fingerprint density at radius 1 is 1.25 bits per heavy atom. The van der Waals surface area contributed by atoms with Gasteiger partial charge in [-0.1, -0.05) is 12.1 Å². The lowest BCUT2D eigenvalue weighted by Crippen LogP contribution is -2.50. The minimum absolute atomic E-state index is 0.140. The summed E-state index contributed by atoms with van der Waals surface area (Å²) in [5.41, 5.74) is 0.543. The van der Waals surface area contributed by atoms with E-state index in [1.807, 2.05) is 11.5 Å². The molecule has 0 aliphatic carbocycles. The number of hydrazine groups is 1. The molecule has 0 aromatic heterocycles. The molecule has 1 atom stereocenters. The van der Waals surface area contributed by atoms with E-state index in [2.05, 4.69) is 0 Å². The van der Waals surface area contributed by atoms with Crippen LogP contribution >= 0.6 is 0 Å². The molecule has 0 radical (unpaired) electrons. The molecule has 130 valence electrons. The van der Waals surface area contributed by atoms with Crippen LogP contribution in [0.1, 0.15) is 18.9 Å². The van der Waals surface area contributed by atoms with Gasteiger partial charge in [-0.25, -0.2) is 0 Å². The van der Waals surface area contributed by atoms with E-state index in [0.717, 1.165) is 0 Å². The topological polar surface area (TPSA) is 111 Å². The van der Waals surface area contributed by atoms with Crippen molar-refractivity contribution in [3.8, 4) is 11.8 Å². The van der Waals surface area contributed by atoms with Crippen LogP contribution in [0.5, 0.6) is 5.75 Å². The summed E-state index contributed by atoms with van der Waals surface area (Å²) in [7, 11) is 0. The Bertz CT molecular complexity index is 653. The standard InChI is InChI=1S/C14H14F3N3O4/c1-13(23,14(15,16)17)6-11(21)19-20-12(22)8-24-10-5-3-2-4-9(10)7-18/h2-5,23H,6,8H2,1H3,(H,19,21)(H,20,22)/t13-/m0/s1. The molecule has 0 unspecified atom stereocenters. The molecule has 1 rings (SSSR count). The van der Waals surface area contributed by atoms with Gasteiger partial charge in [0.15, 0.2) is 12.2 Å². The van der Waals surface area contributed by atoms with E-state index >= 15 is 0 Å². The maximum absolute atomic E-state index is 12.4. The summed E-state index contributed by atoms with van der Waals surface area (Å²) in [5.74, 6) is -1.95. The Labute approximate surface area is 135 Å². The van der Waals surface area contributed by atoms with Crippen molar-refractivity contribution >= 4 is 11.8 Å². The van der Waals surface area contributed by atoms with Crippen LogP contribution in [-0.4, -0.2) is 35.3 Å². The van der Waals surface area contributed by atoms with Crippen LogP contribution in [0.15, 0.2) is 24.3 Å². The molecule has 1 aromatic carbocycles. The molecule has 7 nitrogen and oxygen atoms in total. The van der Waals surface area contributed by atoms with Crippen molar-refractivity contribution in [2.75, 3.05) is 6.61 Å². The van der Waals surface area contributed by atoms with Gasteiger partial charge in [0.25, 0.3) is 5.91 Å². The van der Waals surface area contributed by atoms with Gasteiger partial charge in [0.05, 0.1) is 12.0 Å². The minimum atomic E-state index is -4.99. The molecular weight excluding hydrogens is 331 g/mol. The van der Waals surface area contributed by atoms with Crippen molar-refractivity contribution in [1.29, 1.82) is 5.26 Å². The highest BCUT2D eigenvalue weighted by Crippen LogP contribution is 2.32. The van der Waals surface area contributed by atoms with Crippen molar-refractivity contribution in [2.24, 2.45) is 0 Å². The first-order valence-electron chi connectivity index (χ1n) is 6.55. The van der Waals surface area contributed by atoms with E-state index in [4.69, 9.17) is 15.1 Å². The summed E-state index contributed by atoms with van der Waals surface area (Å²) < 4.78 is 42.3. The van der Waals surface area contributed by atoms with Gasteiger partial charge in [-0.05, 0) is 19.1 Å². The number of ether oxygens (including phenoxy) is 1. The highest BCUT2D eigenvalue weighted by atomic mass is 19.4. The maximum Gasteiger partial charge on any atom is 0.417 e. The van der Waals surface area contributed by atoms with Gasteiger partial charge in [0.2, 0.25) is 5.91 Å². The number of aliphatic hydroxyl groups is 1. The van der Waals surface area contributed by atoms with Gasteiger partial charge in [-0.3, -0.25) is 20.4 Å². The smallest absolute Gasteiger partial charge is 0.417 e. The van der Waals surface area contributed by atoms with Gasteiger partial charge in [-0.15, -0.1) is 0 Å². The summed E-state index contributed by atoms with van der Waals surface area (Å²) in [6.45, 7) is -0.134. The number of amides is 2. The molecule has 2 amide bonds. The average Bonchev–Trinajstić information content (AvgIpc) is 2.49. The van der Waals surface area contributed by atoms with Crippen LogP contribution in [0, 0.1) is 11.3 Å². The number of nitrogens with zero attached hydrogens (tertiary/aromatic N) is 1. The normalized spacial score (nSPS) is 13.3. The highest BCUT2D eigenvalue weighted by molar-refractivity contribution is 5.83. The molecule has 0 saturated heterocycles. The van der Waals surface area contributed by atoms with Crippen LogP contribution in [0.4, 0.5) is 13.2 Å². The number of alkyl halides is 3. The average molecular weight is 345 g/mol. The Morgan fingerprint density at radius 2 is 1.83 bits per heavy atom. The van der Waals surface area contributed by atoms with Gasteiger partial charge in [0.1, 0.15) is 11.8 Å². The first-order valence-corrected chi connectivity index (χ1v) is 6.55. The van der Waals surface area contributed by atoms with E-state index in [9.17, 15) is 22.8 Å². The number of nitrogens with one attached hydrogen (secondary N) is 2. The Kier molecular flexibility index (Phi) is 6.13. The summed E-state index contributed by atoms with van der Waals surface area (Å²) in [5, 5.41) is 18.0. The summed E-state index contributed by atoms with van der Waals surface area (Å²) in [6.07, 6.45) is -6.27. The number of nitriles is 1. The van der Waals surface area contributed by atoms with Crippen LogP contribution < -0.4 is 15.6 Å². The first kappa shape index (κ1) is 19.2. The highest BCUT2D eigenvalue weighted by Gasteiger charge is 2.51. The van der Waals surface area contributed by atoms with Crippen LogP contribution in [0.2, 0.25) is 0 Å². The van der Waals surface area contributed by atoms with Gasteiger partial charge < -0.3 is 9.84 Å². The lowest BCUT2D eigenvalue weighted by molar-refractivity contribution is -0.253. The Balaban J connectivity index is 2.44. The molecule has 0 fully saturated rings. The second-order valence-electron chi connectivity index (χ2n) is 4.94. The van der Waals surface area contributed by atoms with E-state index in [-0.39, 0.29) is 11.3 Å². The minimum Gasteiger partial charge on any atom is -0.482 e. The summed E-state index contributed by atoms with van der Waals surface area (Å²) in [6, 6.07) is 7.94. The van der Waals surface area contributed by atoms with E-state index in [1.54, 1.807) is 17.6 Å². The fourth-order valence-corrected chi connectivity index (χ4v) is 1.46. The molecule has 1 aromatic rings. The molecule has 3 N–H and O–H groups in total. The molecule has 0 heterocycles. The third kappa shape index (κ3) is 5.44. The molecule has 0 spiro atoms. The van der Waals surface area contributed by atoms with Crippen molar-refractivity contribution < 1.29 is 32.6 Å². The molecule has 0 aliphatic heterocycles. The number of rotatable bonds is 5. The monoisotopic (exact) mass is 345 g/mol. The molecule has 24 heavy (non-hydrogen) atoms. The number of carbonyl (C=O) groups excluding carboxylic acids is 2. The predicted molar refractivity (Wildman–Crippen MR) is 74.2 cm³/mol. The second-order valence-corrected chi connectivity index (χ2v) is 4.94. The summed E-state index contributed by atoms with van der Waals surface area (Å²) in [4.78, 5) is 22.8. The first-order chi connectivity index (χ1) is 11.1. The molecular formula is C14H14F3N3O4. The largest absolute Gasteiger partial charge is 0.482 e. The number of hydrogen-bond acceptors (Lipinski definition) is 5. The lowest BCUT2D eigenvalue weighted by atomic mass is 10.0. The molecule has 0 aliphatic rings. The Hall–Kier alpha value is -2.80. The van der Waals surface area contributed by atoms with Gasteiger partial charge in [0, 0.05) is 0 Å². The van der Waals surface area contributed by atoms with E-state index < -0.39 is 36.6 Å². The van der Waals surface area contributed by atoms with E-state index in [1.165, 1.54) is 12.1 Å². The fourth-order valence-electron chi connectivity index (χ4n) is 1.46. The quantitative estimate of drug-likeness (QED) is 0.683. The van der Waals surface area contributed by atoms with Crippen molar-refractivity contribution in [3.63, 3.8) is 0 Å². The van der Waals surface area contributed by atoms with Gasteiger partial charge in [-0.2, -0.15) is 18.4 Å². The third-order valence-corrected chi connectivity index (χ3v) is 2.82. The maximum atomic E-state index is 12.4. The fraction of sp³-hybridized carbons (Fsp3) is 0.357. The number of halogens is 3. The second kappa shape index (κ2) is 7.65. The van der Waals surface area contributed by atoms with Crippen LogP contribution in [-0.2, 0) is 9.59 Å². The zero-order valence-corrected chi connectivity index (χ0v) is 12.5. The molecule has 10 heteroatoms. The van der Waals surface area contributed by atoms with Crippen molar-refractivity contribution in [2.45, 2.75) is 25.1 Å². The SMILES string of the molecule is C[C@](O)(CC(=O)NNC(=O)COc1ccccc1C#N)C(F)(F)F. The molecule has 0 bridgehead atoms. The van der Waals surface area contributed by atoms with Crippen LogP contribution in [0.3, 0.4) is 0 Å². The van der Waals surface area contributed by atoms with Crippen LogP contribution in [0.25, 0.3) is 0 Å². The predicted octanol–water partition coefficient (Wildman–Crippen LogP) is 0.788. The van der Waals surface area contributed by atoms with Crippen molar-refractivity contribution in [1.82, 2.24) is 10.9 Å². The Morgan fingerprint density at radius 3 is 2.42 bits per heavy atom. The summed E-state index contributed by atoms with van der Waals surface area (Å²) >= 11 is 0. The van der Waals surface area contributed by atoms with Gasteiger partial charge >= 0.3 is 6.18 Å². The zero-order valence-electron chi connectivity index (χ0n) is 12.5. The third-order valence-electron chi connectivity index (χ3n) is 2.82. The molecule has 0 saturated carbocycles. The van der Waals surface area contributed by atoms with E-state index in [0.29, 0.717) is 6.92 Å². The number of hydrogen-bond donors (Lipinski definition) is 3. The number of carbonyl (C=O) groups is 2. The number of benzene rings is 1.